The summed E-state index contributed by atoms with van der Waals surface area (Å²) in [6.07, 6.45) is 12.1. The maximum atomic E-state index is 13.0. The molecule has 214 valence electrons. The minimum atomic E-state index is -0.293. The van der Waals surface area contributed by atoms with E-state index in [1.165, 1.54) is 5.56 Å². The molecule has 2 aliphatic rings. The van der Waals surface area contributed by atoms with Crippen molar-refractivity contribution in [2.75, 3.05) is 0 Å². The number of carbonyl (C=O) groups is 2. The molecule has 0 radical (unpaired) electrons. The fraction of sp³-hybridized carbons (Fsp3) is 0.364. The van der Waals surface area contributed by atoms with Crippen LogP contribution in [0.5, 0.6) is 0 Å². The number of rotatable bonds is 9. The maximum absolute atomic E-state index is 13.0. The molecule has 42 heavy (non-hydrogen) atoms. The Morgan fingerprint density at radius 1 is 1.10 bits per heavy atom. The number of tetrazole rings is 1. The van der Waals surface area contributed by atoms with E-state index in [4.69, 9.17) is 4.98 Å². The fourth-order valence-corrected chi connectivity index (χ4v) is 6.09. The second-order valence-electron chi connectivity index (χ2n) is 11.2. The number of aldehydes is 1. The van der Waals surface area contributed by atoms with Gasteiger partial charge in [-0.15, -0.1) is 5.10 Å². The van der Waals surface area contributed by atoms with Crippen LogP contribution >= 0.6 is 0 Å². The molecule has 2 aromatic heterocycles. The molecule has 2 aromatic carbocycles. The van der Waals surface area contributed by atoms with Crippen molar-refractivity contribution in [2.24, 2.45) is 16.8 Å². The van der Waals surface area contributed by atoms with Crippen LogP contribution in [0.1, 0.15) is 63.3 Å². The number of H-pyrrole nitrogens is 1. The van der Waals surface area contributed by atoms with Gasteiger partial charge in [-0.2, -0.15) is 0 Å². The Kier molecular flexibility index (Phi) is 8.26. The summed E-state index contributed by atoms with van der Waals surface area (Å²) in [7, 11) is 0. The molecular formula is C33H35N7O2. The minimum Gasteiger partial charge on any atom is -0.324 e. The van der Waals surface area contributed by atoms with Crippen LogP contribution in [0.3, 0.4) is 0 Å². The summed E-state index contributed by atoms with van der Waals surface area (Å²) >= 11 is 0. The molecule has 0 bridgehead atoms. The van der Waals surface area contributed by atoms with Crippen molar-refractivity contribution in [3.05, 3.63) is 70.6 Å². The first-order valence-electron chi connectivity index (χ1n) is 14.9. The number of fused-ring (bicyclic) bond motifs is 1. The van der Waals surface area contributed by atoms with E-state index in [-0.39, 0.29) is 17.7 Å². The maximum Gasteiger partial charge on any atom is 0.249 e. The molecule has 1 N–H and O–H groups in total. The average Bonchev–Trinajstić information content (AvgIpc) is 3.69. The lowest BCUT2D eigenvalue weighted by molar-refractivity contribution is -0.128. The summed E-state index contributed by atoms with van der Waals surface area (Å²) in [5, 5.41) is 16.3. The Morgan fingerprint density at radius 2 is 1.90 bits per heavy atom. The van der Waals surface area contributed by atoms with E-state index in [0.717, 1.165) is 90.2 Å². The lowest BCUT2D eigenvalue weighted by Gasteiger charge is -2.24. The Morgan fingerprint density at radius 3 is 2.67 bits per heavy atom. The number of aromatic nitrogens is 6. The Hall–Kier alpha value is -4.53. The van der Waals surface area contributed by atoms with E-state index >= 15 is 0 Å². The Labute approximate surface area is 244 Å². The van der Waals surface area contributed by atoms with E-state index in [1.807, 2.05) is 24.3 Å². The van der Waals surface area contributed by atoms with Crippen LogP contribution in [0.4, 0.5) is 0 Å². The van der Waals surface area contributed by atoms with Gasteiger partial charge in [-0.1, -0.05) is 80.8 Å². The van der Waals surface area contributed by atoms with Crippen LogP contribution in [0.2, 0.25) is 0 Å². The van der Waals surface area contributed by atoms with E-state index in [2.05, 4.69) is 73.5 Å². The van der Waals surface area contributed by atoms with Crippen molar-refractivity contribution in [3.63, 3.8) is 0 Å². The van der Waals surface area contributed by atoms with Crippen LogP contribution in [-0.4, -0.2) is 48.1 Å². The monoisotopic (exact) mass is 561 g/mol. The molecule has 2 atom stereocenters. The highest BCUT2D eigenvalue weighted by Gasteiger charge is 2.30. The van der Waals surface area contributed by atoms with Crippen molar-refractivity contribution < 1.29 is 9.59 Å². The van der Waals surface area contributed by atoms with Crippen LogP contribution in [0.25, 0.3) is 34.7 Å². The van der Waals surface area contributed by atoms with Crippen molar-refractivity contribution >= 4 is 30.1 Å². The Bertz CT molecular complexity index is 1720. The molecule has 2 aliphatic carbocycles. The van der Waals surface area contributed by atoms with E-state index in [9.17, 15) is 9.59 Å². The van der Waals surface area contributed by atoms with Gasteiger partial charge in [0.25, 0.3) is 0 Å². The molecule has 1 saturated carbocycles. The molecule has 4 aromatic rings. The molecule has 9 nitrogen and oxygen atoms in total. The molecular weight excluding hydrogens is 526 g/mol. The lowest BCUT2D eigenvalue weighted by atomic mass is 9.79. The molecule has 9 heteroatoms. The highest BCUT2D eigenvalue weighted by atomic mass is 16.1. The van der Waals surface area contributed by atoms with Gasteiger partial charge in [-0.05, 0) is 52.5 Å². The molecule has 0 unspecified atom stereocenters. The first kappa shape index (κ1) is 27.6. The van der Waals surface area contributed by atoms with Gasteiger partial charge in [0.15, 0.2) is 5.82 Å². The number of hydrogen-bond donors (Lipinski definition) is 1. The number of unbranched alkanes of at least 4 members (excludes halogenated alkanes) is 1. The van der Waals surface area contributed by atoms with Crippen LogP contribution in [-0.2, 0) is 22.6 Å². The first-order valence-corrected chi connectivity index (χ1v) is 14.9. The van der Waals surface area contributed by atoms with Crippen molar-refractivity contribution in [3.8, 4) is 22.5 Å². The normalized spacial score (nSPS) is 19.1. The zero-order valence-electron chi connectivity index (χ0n) is 23.9. The third-order valence-electron chi connectivity index (χ3n) is 8.37. The smallest absolute Gasteiger partial charge is 0.249 e. The highest BCUT2D eigenvalue weighted by Crippen LogP contribution is 2.31. The molecule has 1 amide bonds. The lowest BCUT2D eigenvalue weighted by Crippen LogP contribution is -2.35. The number of nitrogens with zero attached hydrogens (tertiary/aromatic N) is 6. The second kappa shape index (κ2) is 12.5. The molecule has 0 spiro atoms. The molecule has 0 saturated heterocycles. The standard InChI is InChI=1S/C33H35N7O2/c1-2-3-12-31-35-29-19-25(34-33(42)27-10-5-4-8-24(27)21-41)17-18-30(29)40(31)20-22-13-15-23(16-14-22)26-9-6-7-11-28(26)32-36-38-39-37-32/h6-7,9,11,13-16,18-19,21,24,27H,2-5,8,10,12,17,20H2,1H3,(H,36,37,38,39)/t24-,27-/m1/s1. The average molecular weight is 562 g/mol. The third-order valence-corrected chi connectivity index (χ3v) is 8.37. The molecule has 2 heterocycles. The number of nitrogens with one attached hydrogen (secondary N) is 1. The predicted octanol–water partition coefficient (Wildman–Crippen LogP) is 4.06. The zero-order chi connectivity index (χ0) is 28.9. The zero-order valence-corrected chi connectivity index (χ0v) is 23.9. The second-order valence-corrected chi connectivity index (χ2v) is 11.2. The van der Waals surface area contributed by atoms with Gasteiger partial charge < -0.3 is 9.36 Å². The first-order chi connectivity index (χ1) is 20.6. The quantitative estimate of drug-likeness (QED) is 0.308. The number of imidazole rings is 1. The minimum absolute atomic E-state index is 0.165. The molecule has 1 fully saturated rings. The molecule has 6 rings (SSSR count). The predicted molar refractivity (Wildman–Crippen MR) is 162 cm³/mol. The van der Waals surface area contributed by atoms with Gasteiger partial charge in [0.2, 0.25) is 5.91 Å². The largest absolute Gasteiger partial charge is 0.324 e. The topological polar surface area (TPSA) is 119 Å². The summed E-state index contributed by atoms with van der Waals surface area (Å²) in [5.74, 6) is 1.01. The summed E-state index contributed by atoms with van der Waals surface area (Å²) in [6, 6.07) is 16.7. The summed E-state index contributed by atoms with van der Waals surface area (Å²) in [4.78, 5) is 34.0. The Balaban J connectivity index is 1.27. The van der Waals surface area contributed by atoms with Gasteiger partial charge >= 0.3 is 0 Å². The van der Waals surface area contributed by atoms with Crippen molar-refractivity contribution in [2.45, 2.75) is 64.8 Å². The molecule has 0 aliphatic heterocycles. The van der Waals surface area contributed by atoms with Gasteiger partial charge in [-0.25, -0.2) is 15.1 Å². The fourth-order valence-electron chi connectivity index (χ4n) is 6.09. The number of aliphatic imine (C=N–C) groups is 1. The summed E-state index contributed by atoms with van der Waals surface area (Å²) < 4.78 is 2.30. The SMILES string of the molecule is CCCCc1nc2c(n1Cc1ccc(-c3ccccc3-c3nnn[nH]3)cc1)=CCC(=NC(=O)[C@@H]1CCCC[C@@H]1C=O)C=2. The third kappa shape index (κ3) is 5.77. The summed E-state index contributed by atoms with van der Waals surface area (Å²) in [5.41, 5.74) is 5.00. The van der Waals surface area contributed by atoms with Crippen LogP contribution in [0, 0.1) is 11.8 Å². The van der Waals surface area contributed by atoms with Gasteiger partial charge in [-0.3, -0.25) is 4.79 Å². The van der Waals surface area contributed by atoms with Gasteiger partial charge in [0.05, 0.1) is 16.4 Å². The summed E-state index contributed by atoms with van der Waals surface area (Å²) in [6.45, 7) is 2.89. The highest BCUT2D eigenvalue weighted by molar-refractivity contribution is 6.16. The van der Waals surface area contributed by atoms with Gasteiger partial charge in [0.1, 0.15) is 12.1 Å². The number of benzene rings is 2. The van der Waals surface area contributed by atoms with E-state index < -0.39 is 0 Å². The van der Waals surface area contributed by atoms with Crippen LogP contribution in [0.15, 0.2) is 53.5 Å². The van der Waals surface area contributed by atoms with E-state index in [1.54, 1.807) is 0 Å². The van der Waals surface area contributed by atoms with Crippen molar-refractivity contribution in [1.29, 1.82) is 0 Å². The number of aryl methyl sites for hydroxylation is 1. The number of amides is 1. The van der Waals surface area contributed by atoms with Crippen molar-refractivity contribution in [1.82, 2.24) is 30.2 Å². The van der Waals surface area contributed by atoms with Crippen LogP contribution < -0.4 is 10.7 Å². The van der Waals surface area contributed by atoms with E-state index in [0.29, 0.717) is 18.8 Å². The van der Waals surface area contributed by atoms with Gasteiger partial charge in [0, 0.05) is 36.8 Å². The number of carbonyl (C=O) groups excluding carboxylic acids is 2. The number of hydrogen-bond acceptors (Lipinski definition) is 6. The number of aromatic amines is 1.